The molecule has 1 aliphatic heterocycles. The Morgan fingerprint density at radius 1 is 1.19 bits per heavy atom. The van der Waals surface area contributed by atoms with Gasteiger partial charge in [0, 0.05) is 6.04 Å². The first-order valence-corrected chi connectivity index (χ1v) is 6.17. The fourth-order valence-corrected chi connectivity index (χ4v) is 3.24. The van der Waals surface area contributed by atoms with Gasteiger partial charge in [0.05, 0.1) is 17.1 Å². The van der Waals surface area contributed by atoms with Crippen LogP contribution in [0.15, 0.2) is 24.3 Å². The van der Waals surface area contributed by atoms with Gasteiger partial charge in [-0.3, -0.25) is 0 Å². The van der Waals surface area contributed by atoms with Gasteiger partial charge in [-0.2, -0.15) is 0 Å². The minimum absolute atomic E-state index is 0.626. The van der Waals surface area contributed by atoms with Gasteiger partial charge in [0.1, 0.15) is 0 Å². The summed E-state index contributed by atoms with van der Waals surface area (Å²) in [6, 6.07) is 9.71. The molecular weight excluding hydrogens is 198 g/mol. The average Bonchev–Trinajstić information content (AvgIpc) is 2.83. The van der Waals surface area contributed by atoms with Gasteiger partial charge in [-0.05, 0) is 25.0 Å². The minimum atomic E-state index is 0.626. The normalized spacial score (nSPS) is 27.5. The van der Waals surface area contributed by atoms with Crippen LogP contribution in [-0.2, 0) is 0 Å². The molecule has 1 N–H and O–H groups in total. The van der Waals surface area contributed by atoms with Gasteiger partial charge in [0.2, 0.25) is 5.95 Å². The highest BCUT2D eigenvalue weighted by Gasteiger charge is 2.35. The van der Waals surface area contributed by atoms with Crippen molar-refractivity contribution in [3.63, 3.8) is 0 Å². The lowest BCUT2D eigenvalue weighted by atomic mass is 9.91. The van der Waals surface area contributed by atoms with E-state index in [2.05, 4.69) is 39.1 Å². The second-order valence-corrected chi connectivity index (χ2v) is 4.90. The summed E-state index contributed by atoms with van der Waals surface area (Å²) in [5.41, 5.74) is 2.41. The fourth-order valence-electron chi connectivity index (χ4n) is 3.24. The van der Waals surface area contributed by atoms with E-state index in [1.54, 1.807) is 0 Å². The molecule has 0 saturated heterocycles. The van der Waals surface area contributed by atoms with Crippen LogP contribution < -0.4 is 5.32 Å². The Kier molecular flexibility index (Phi) is 1.62. The largest absolute Gasteiger partial charge is 0.351 e. The monoisotopic (exact) mass is 213 g/mol. The Bertz CT molecular complexity index is 543. The average molecular weight is 213 g/mol. The van der Waals surface area contributed by atoms with Crippen molar-refractivity contribution in [3.8, 4) is 0 Å². The molecule has 3 heteroatoms. The van der Waals surface area contributed by atoms with Crippen molar-refractivity contribution in [3.05, 3.63) is 24.3 Å². The summed E-state index contributed by atoms with van der Waals surface area (Å²) in [5.74, 6) is 1.08. The Balaban J connectivity index is 1.93. The van der Waals surface area contributed by atoms with Crippen molar-refractivity contribution >= 4 is 17.0 Å². The van der Waals surface area contributed by atoms with Crippen molar-refractivity contribution in [1.29, 1.82) is 0 Å². The van der Waals surface area contributed by atoms with E-state index in [-0.39, 0.29) is 0 Å². The zero-order chi connectivity index (χ0) is 10.5. The molecule has 0 amide bonds. The summed E-state index contributed by atoms with van der Waals surface area (Å²) in [5, 5.41) is 3.58. The van der Waals surface area contributed by atoms with Crippen LogP contribution in [0.2, 0.25) is 0 Å². The van der Waals surface area contributed by atoms with Crippen LogP contribution >= 0.6 is 0 Å². The quantitative estimate of drug-likeness (QED) is 0.729. The highest BCUT2D eigenvalue weighted by Crippen LogP contribution is 2.40. The van der Waals surface area contributed by atoms with E-state index in [4.69, 9.17) is 0 Å². The summed E-state index contributed by atoms with van der Waals surface area (Å²) in [7, 11) is 0. The maximum Gasteiger partial charge on any atom is 0.204 e. The number of benzene rings is 1. The lowest BCUT2D eigenvalue weighted by Gasteiger charge is -2.26. The summed E-state index contributed by atoms with van der Waals surface area (Å²) in [6.45, 7) is 0. The lowest BCUT2D eigenvalue weighted by molar-refractivity contribution is 0.359. The highest BCUT2D eigenvalue weighted by molar-refractivity contribution is 5.79. The van der Waals surface area contributed by atoms with Crippen molar-refractivity contribution in [2.24, 2.45) is 0 Å². The maximum atomic E-state index is 4.67. The smallest absolute Gasteiger partial charge is 0.204 e. The van der Waals surface area contributed by atoms with Gasteiger partial charge in [0.25, 0.3) is 0 Å². The van der Waals surface area contributed by atoms with Crippen LogP contribution in [0.1, 0.15) is 31.7 Å². The van der Waals surface area contributed by atoms with Gasteiger partial charge >= 0.3 is 0 Å². The Morgan fingerprint density at radius 2 is 2.06 bits per heavy atom. The first kappa shape index (κ1) is 8.62. The molecule has 0 radical (unpaired) electrons. The van der Waals surface area contributed by atoms with Crippen molar-refractivity contribution in [1.82, 2.24) is 9.55 Å². The number of aromatic nitrogens is 2. The molecule has 2 heterocycles. The molecule has 16 heavy (non-hydrogen) atoms. The van der Waals surface area contributed by atoms with Crippen LogP contribution in [0.25, 0.3) is 11.0 Å². The third kappa shape index (κ3) is 1.01. The van der Waals surface area contributed by atoms with E-state index >= 15 is 0 Å². The van der Waals surface area contributed by atoms with E-state index in [9.17, 15) is 0 Å². The number of imidazole rings is 1. The Hall–Kier alpha value is -1.51. The van der Waals surface area contributed by atoms with E-state index in [1.165, 1.54) is 31.2 Å². The molecule has 1 aliphatic carbocycles. The number of rotatable bonds is 0. The standard InChI is InChI=1S/C13H15N3/c1-3-7-11-9(5-1)14-13-15-10-6-2-4-8-12(10)16(11)13/h1,3,5,7,10,12H,2,4,6,8H2,(H,14,15). The summed E-state index contributed by atoms with van der Waals surface area (Å²) >= 11 is 0. The van der Waals surface area contributed by atoms with Crippen LogP contribution in [0, 0.1) is 0 Å². The number of para-hydroxylation sites is 2. The molecule has 1 saturated carbocycles. The number of nitrogens with one attached hydrogen (secondary N) is 1. The van der Waals surface area contributed by atoms with Crippen LogP contribution in [0.3, 0.4) is 0 Å². The Labute approximate surface area is 94.5 Å². The predicted octanol–water partition coefficient (Wildman–Crippen LogP) is 2.95. The first-order valence-electron chi connectivity index (χ1n) is 6.17. The molecule has 2 aromatic rings. The molecule has 82 valence electrons. The van der Waals surface area contributed by atoms with Crippen molar-refractivity contribution < 1.29 is 0 Å². The number of anilines is 1. The van der Waals surface area contributed by atoms with Gasteiger partial charge in [-0.25, -0.2) is 4.98 Å². The van der Waals surface area contributed by atoms with Gasteiger partial charge in [-0.1, -0.05) is 25.0 Å². The van der Waals surface area contributed by atoms with E-state index in [1.807, 2.05) is 0 Å². The van der Waals surface area contributed by atoms with E-state index in [0.717, 1.165) is 11.5 Å². The second-order valence-electron chi connectivity index (χ2n) is 4.90. The fraction of sp³-hybridized carbons (Fsp3) is 0.462. The summed E-state index contributed by atoms with van der Waals surface area (Å²) in [6.07, 6.45) is 5.30. The number of nitrogens with zero attached hydrogens (tertiary/aromatic N) is 2. The number of hydrogen-bond donors (Lipinski definition) is 1. The topological polar surface area (TPSA) is 29.9 Å². The van der Waals surface area contributed by atoms with Crippen LogP contribution in [0.5, 0.6) is 0 Å². The molecule has 4 rings (SSSR count). The number of fused-ring (bicyclic) bond motifs is 5. The number of hydrogen-bond acceptors (Lipinski definition) is 2. The second kappa shape index (κ2) is 3.00. The van der Waals surface area contributed by atoms with Crippen molar-refractivity contribution in [2.45, 2.75) is 37.8 Å². The summed E-state index contributed by atoms with van der Waals surface area (Å²) < 4.78 is 2.42. The van der Waals surface area contributed by atoms with Gasteiger partial charge in [0.15, 0.2) is 0 Å². The predicted molar refractivity (Wildman–Crippen MR) is 64.6 cm³/mol. The SMILES string of the molecule is c1ccc2c(c1)nc1n2C2CCCCC2N1. The van der Waals surface area contributed by atoms with Gasteiger partial charge in [-0.15, -0.1) is 0 Å². The van der Waals surface area contributed by atoms with E-state index < -0.39 is 0 Å². The van der Waals surface area contributed by atoms with E-state index in [0.29, 0.717) is 12.1 Å². The first-order chi connectivity index (χ1) is 7.93. The zero-order valence-corrected chi connectivity index (χ0v) is 9.19. The van der Waals surface area contributed by atoms with Gasteiger partial charge < -0.3 is 9.88 Å². The lowest BCUT2D eigenvalue weighted by Crippen LogP contribution is -2.26. The third-order valence-corrected chi connectivity index (χ3v) is 3.97. The molecule has 3 nitrogen and oxygen atoms in total. The maximum absolute atomic E-state index is 4.67. The molecule has 2 atom stereocenters. The van der Waals surface area contributed by atoms with Crippen LogP contribution in [0.4, 0.5) is 5.95 Å². The highest BCUT2D eigenvalue weighted by atomic mass is 15.3. The summed E-state index contributed by atoms with van der Waals surface area (Å²) in [4.78, 5) is 4.67. The third-order valence-electron chi connectivity index (χ3n) is 3.97. The molecule has 1 aromatic heterocycles. The molecule has 2 unspecified atom stereocenters. The minimum Gasteiger partial charge on any atom is -0.351 e. The van der Waals surface area contributed by atoms with Crippen LogP contribution in [-0.4, -0.2) is 15.6 Å². The van der Waals surface area contributed by atoms with Crippen molar-refractivity contribution in [2.75, 3.05) is 5.32 Å². The molecule has 1 aromatic carbocycles. The molecule has 1 fully saturated rings. The Morgan fingerprint density at radius 3 is 3.06 bits per heavy atom. The molecule has 0 bridgehead atoms. The molecular formula is C13H15N3. The zero-order valence-electron chi connectivity index (χ0n) is 9.19. The molecule has 0 spiro atoms. The molecule has 2 aliphatic rings.